The molecule has 0 unspecified atom stereocenters. The van der Waals surface area contributed by atoms with Crippen molar-refractivity contribution in [1.82, 2.24) is 19.1 Å². The first kappa shape index (κ1) is 32.5. The number of anilines is 1. The van der Waals surface area contributed by atoms with E-state index in [1.165, 1.54) is 44.8 Å². The van der Waals surface area contributed by atoms with Crippen molar-refractivity contribution < 1.29 is 32.2 Å². The second-order valence-corrected chi connectivity index (χ2v) is 12.7. The average Bonchev–Trinajstić information content (AvgIpc) is 3.44. The number of benzene rings is 2. The minimum absolute atomic E-state index is 0.0857. The van der Waals surface area contributed by atoms with E-state index in [4.69, 9.17) is 19.2 Å². The maximum absolute atomic E-state index is 13.9. The lowest BCUT2D eigenvalue weighted by Gasteiger charge is -2.33. The SMILES string of the molecule is CCOC(=O)N1CCN(S(=O)(=O)c2ccc(C(=O)N(CCN(CC)CC)c3nc4cc(OC)c(OC)cc4s3)cc2)CC1. The van der Waals surface area contributed by atoms with Gasteiger partial charge in [-0.2, -0.15) is 4.31 Å². The third kappa shape index (κ3) is 7.20. The largest absolute Gasteiger partial charge is 0.493 e. The van der Waals surface area contributed by atoms with Crippen LogP contribution in [0.25, 0.3) is 10.2 Å². The van der Waals surface area contributed by atoms with Crippen LogP contribution in [0, 0.1) is 0 Å². The second-order valence-electron chi connectivity index (χ2n) is 9.77. The topological polar surface area (TPSA) is 122 Å². The number of amides is 2. The van der Waals surface area contributed by atoms with Gasteiger partial charge < -0.3 is 24.0 Å². The highest BCUT2D eigenvalue weighted by molar-refractivity contribution is 7.89. The summed E-state index contributed by atoms with van der Waals surface area (Å²) in [5.41, 5.74) is 1.03. The Morgan fingerprint density at radius 2 is 1.56 bits per heavy atom. The van der Waals surface area contributed by atoms with Crippen molar-refractivity contribution in [2.45, 2.75) is 25.7 Å². The van der Waals surface area contributed by atoms with Crippen LogP contribution < -0.4 is 14.4 Å². The van der Waals surface area contributed by atoms with E-state index in [0.29, 0.717) is 40.8 Å². The van der Waals surface area contributed by atoms with Crippen molar-refractivity contribution in [1.29, 1.82) is 0 Å². The van der Waals surface area contributed by atoms with Gasteiger partial charge in [0.05, 0.1) is 35.9 Å². The van der Waals surface area contributed by atoms with Crippen molar-refractivity contribution in [3.63, 3.8) is 0 Å². The Hall–Kier alpha value is -3.46. The van der Waals surface area contributed by atoms with Crippen LogP contribution in [-0.2, 0) is 14.8 Å². The first-order valence-corrected chi connectivity index (χ1v) is 16.5. The Kier molecular flexibility index (Phi) is 10.8. The molecule has 12 nitrogen and oxygen atoms in total. The molecule has 1 saturated heterocycles. The number of likely N-dealkylation sites (N-methyl/N-ethyl adjacent to an activating group) is 1. The second kappa shape index (κ2) is 14.3. The van der Waals surface area contributed by atoms with Crippen molar-refractivity contribution in [2.75, 3.05) is 78.1 Å². The quantitative estimate of drug-likeness (QED) is 0.293. The Balaban J connectivity index is 1.57. The highest BCUT2D eigenvalue weighted by Gasteiger charge is 2.31. The van der Waals surface area contributed by atoms with E-state index in [1.54, 1.807) is 32.1 Å². The van der Waals surface area contributed by atoms with Crippen LogP contribution >= 0.6 is 11.3 Å². The molecule has 1 aliphatic rings. The standard InChI is InChI=1S/C29H39N5O7S2/c1-6-31(7-2)13-18-34(28-30-23-19-24(39-4)25(40-5)20-26(23)42-28)27(35)21-9-11-22(12-10-21)43(37,38)33-16-14-32(15-17-33)29(36)41-8-3/h9-12,19-20H,6-8,13-18H2,1-5H3. The Labute approximate surface area is 256 Å². The van der Waals surface area contributed by atoms with Gasteiger partial charge in [0, 0.05) is 57.0 Å². The third-order valence-corrected chi connectivity index (χ3v) is 10.4. The molecule has 0 saturated carbocycles. The molecule has 43 heavy (non-hydrogen) atoms. The molecular formula is C29H39N5O7S2. The number of methoxy groups -OCH3 is 2. The van der Waals surface area contributed by atoms with Crippen LogP contribution in [0.15, 0.2) is 41.3 Å². The number of hydrogen-bond acceptors (Lipinski definition) is 10. The van der Waals surface area contributed by atoms with E-state index >= 15 is 0 Å². The summed E-state index contributed by atoms with van der Waals surface area (Å²) in [6, 6.07) is 9.61. The minimum Gasteiger partial charge on any atom is -0.493 e. The maximum atomic E-state index is 13.9. The maximum Gasteiger partial charge on any atom is 0.409 e. The normalized spacial score (nSPS) is 14.2. The zero-order valence-corrected chi connectivity index (χ0v) is 26.9. The molecule has 1 fully saturated rings. The molecule has 1 aliphatic heterocycles. The first-order valence-electron chi connectivity index (χ1n) is 14.2. The molecule has 0 bridgehead atoms. The molecule has 0 spiro atoms. The van der Waals surface area contributed by atoms with Gasteiger partial charge in [0.15, 0.2) is 16.6 Å². The number of nitrogens with zero attached hydrogens (tertiary/aromatic N) is 5. The average molecular weight is 634 g/mol. The van der Waals surface area contributed by atoms with Crippen LogP contribution in [0.3, 0.4) is 0 Å². The summed E-state index contributed by atoms with van der Waals surface area (Å²) in [6.45, 7) is 9.67. The van der Waals surface area contributed by atoms with Crippen molar-refractivity contribution in [3.8, 4) is 11.5 Å². The van der Waals surface area contributed by atoms with Gasteiger partial charge in [-0.3, -0.25) is 9.69 Å². The summed E-state index contributed by atoms with van der Waals surface area (Å²) >= 11 is 1.38. The predicted octanol–water partition coefficient (Wildman–Crippen LogP) is 3.76. The van der Waals surface area contributed by atoms with E-state index in [-0.39, 0.29) is 43.6 Å². The van der Waals surface area contributed by atoms with Gasteiger partial charge in [0.1, 0.15) is 0 Å². The summed E-state index contributed by atoms with van der Waals surface area (Å²) in [7, 11) is -0.680. The molecule has 234 valence electrons. The predicted molar refractivity (Wildman–Crippen MR) is 166 cm³/mol. The Morgan fingerprint density at radius 3 is 2.14 bits per heavy atom. The van der Waals surface area contributed by atoms with Crippen LogP contribution in [0.2, 0.25) is 0 Å². The van der Waals surface area contributed by atoms with Gasteiger partial charge in [-0.25, -0.2) is 18.2 Å². The number of ether oxygens (including phenoxy) is 3. The number of piperazine rings is 1. The zero-order valence-electron chi connectivity index (χ0n) is 25.2. The number of sulfonamides is 1. The molecule has 0 N–H and O–H groups in total. The molecule has 0 radical (unpaired) electrons. The monoisotopic (exact) mass is 633 g/mol. The number of fused-ring (bicyclic) bond motifs is 1. The van der Waals surface area contributed by atoms with E-state index in [0.717, 1.165) is 17.8 Å². The van der Waals surface area contributed by atoms with Crippen molar-refractivity contribution >= 4 is 48.7 Å². The molecular weight excluding hydrogens is 594 g/mol. The summed E-state index contributed by atoms with van der Waals surface area (Å²) in [5.74, 6) is 0.842. The first-order chi connectivity index (χ1) is 20.7. The lowest BCUT2D eigenvalue weighted by atomic mass is 10.2. The molecule has 3 aromatic rings. The van der Waals surface area contributed by atoms with Gasteiger partial charge in [0.25, 0.3) is 5.91 Å². The summed E-state index contributed by atoms with van der Waals surface area (Å²) in [6.07, 6.45) is -0.445. The number of aromatic nitrogens is 1. The number of hydrogen-bond donors (Lipinski definition) is 0. The van der Waals surface area contributed by atoms with Gasteiger partial charge in [0.2, 0.25) is 10.0 Å². The Morgan fingerprint density at radius 1 is 0.930 bits per heavy atom. The highest BCUT2D eigenvalue weighted by atomic mass is 32.2. The number of carbonyl (C=O) groups is 2. The van der Waals surface area contributed by atoms with Crippen molar-refractivity contribution in [3.05, 3.63) is 42.0 Å². The van der Waals surface area contributed by atoms with Crippen LogP contribution in [0.1, 0.15) is 31.1 Å². The summed E-state index contributed by atoms with van der Waals surface area (Å²) in [5, 5.41) is 0.527. The molecule has 4 rings (SSSR count). The smallest absolute Gasteiger partial charge is 0.409 e. The van der Waals surface area contributed by atoms with E-state index < -0.39 is 16.1 Å². The van der Waals surface area contributed by atoms with E-state index in [9.17, 15) is 18.0 Å². The third-order valence-electron chi connectivity index (χ3n) is 7.40. The van der Waals surface area contributed by atoms with Gasteiger partial charge in [-0.15, -0.1) is 0 Å². The molecule has 14 heteroatoms. The Bertz CT molecular complexity index is 1470. The molecule has 2 amide bonds. The van der Waals surface area contributed by atoms with Crippen molar-refractivity contribution in [2.24, 2.45) is 0 Å². The minimum atomic E-state index is -3.81. The van der Waals surface area contributed by atoms with Gasteiger partial charge in [-0.1, -0.05) is 25.2 Å². The van der Waals surface area contributed by atoms with E-state index in [2.05, 4.69) is 18.7 Å². The number of carbonyl (C=O) groups excluding carboxylic acids is 2. The molecule has 2 aromatic carbocycles. The number of thiazole rings is 1. The lowest BCUT2D eigenvalue weighted by Crippen LogP contribution is -2.50. The van der Waals surface area contributed by atoms with E-state index in [1.807, 2.05) is 6.07 Å². The van der Waals surface area contributed by atoms with Gasteiger partial charge >= 0.3 is 6.09 Å². The fourth-order valence-corrected chi connectivity index (χ4v) is 7.25. The molecule has 0 atom stereocenters. The lowest BCUT2D eigenvalue weighted by molar-refractivity contribution is 0.0933. The van der Waals surface area contributed by atoms with Crippen LogP contribution in [0.5, 0.6) is 11.5 Å². The number of rotatable bonds is 12. The molecule has 0 aliphatic carbocycles. The fraction of sp³-hybridized carbons (Fsp3) is 0.483. The highest BCUT2D eigenvalue weighted by Crippen LogP contribution is 2.37. The van der Waals surface area contributed by atoms with Gasteiger partial charge in [-0.05, 0) is 44.3 Å². The zero-order chi connectivity index (χ0) is 31.1. The summed E-state index contributed by atoms with van der Waals surface area (Å²) < 4.78 is 44.7. The fourth-order valence-electron chi connectivity index (χ4n) is 4.82. The summed E-state index contributed by atoms with van der Waals surface area (Å²) in [4.78, 5) is 36.1. The van der Waals surface area contributed by atoms with Crippen LogP contribution in [-0.4, -0.2) is 113 Å². The molecule has 2 heterocycles. The molecule has 1 aromatic heterocycles. The van der Waals surface area contributed by atoms with Crippen LogP contribution in [0.4, 0.5) is 9.93 Å².